The molecule has 0 bridgehead atoms. The van der Waals surface area contributed by atoms with E-state index in [9.17, 15) is 0 Å². The molecule has 0 saturated heterocycles. The highest BCUT2D eigenvalue weighted by Crippen LogP contribution is 2.14. The lowest BCUT2D eigenvalue weighted by Gasteiger charge is -2.08. The summed E-state index contributed by atoms with van der Waals surface area (Å²) >= 11 is 3.42. The predicted molar refractivity (Wildman–Crippen MR) is 53.1 cm³/mol. The number of aliphatic hydroxyl groups excluding tert-OH is 1. The number of rotatable bonds is 7. The maximum atomic E-state index is 8.55. The highest BCUT2D eigenvalue weighted by atomic mass is 79.9. The largest absolute Gasteiger partial charge is 0.396 e. The van der Waals surface area contributed by atoms with Crippen LogP contribution in [0.25, 0.3) is 0 Å². The van der Waals surface area contributed by atoms with Crippen molar-refractivity contribution >= 4 is 15.9 Å². The Balaban J connectivity index is 3.02. The first kappa shape index (κ1) is 11.4. The van der Waals surface area contributed by atoms with Crippen LogP contribution in [0.1, 0.15) is 39.0 Å². The first-order valence-electron chi connectivity index (χ1n) is 4.48. The average molecular weight is 223 g/mol. The standard InChI is InChI=1S/C9H19BrO/c1-9(6-4-7-10)5-2-3-8-11/h9,11H,2-8H2,1H3. The molecule has 0 spiro atoms. The third-order valence-corrected chi connectivity index (χ3v) is 2.50. The molecular weight excluding hydrogens is 204 g/mol. The van der Waals surface area contributed by atoms with Gasteiger partial charge in [-0.25, -0.2) is 0 Å². The van der Waals surface area contributed by atoms with Crippen molar-refractivity contribution in [2.75, 3.05) is 11.9 Å². The maximum Gasteiger partial charge on any atom is 0.0431 e. The van der Waals surface area contributed by atoms with Crippen molar-refractivity contribution in [2.45, 2.75) is 39.0 Å². The van der Waals surface area contributed by atoms with E-state index in [0.717, 1.165) is 17.7 Å². The number of hydrogen-bond acceptors (Lipinski definition) is 1. The molecule has 0 rings (SSSR count). The smallest absolute Gasteiger partial charge is 0.0431 e. The van der Waals surface area contributed by atoms with Gasteiger partial charge in [-0.05, 0) is 25.2 Å². The van der Waals surface area contributed by atoms with Gasteiger partial charge in [0.1, 0.15) is 0 Å². The highest BCUT2D eigenvalue weighted by molar-refractivity contribution is 9.09. The summed E-state index contributed by atoms with van der Waals surface area (Å²) in [6, 6.07) is 0. The molecule has 0 heterocycles. The molecule has 0 aromatic rings. The Morgan fingerprint density at radius 2 is 1.82 bits per heavy atom. The molecule has 0 aliphatic carbocycles. The Morgan fingerprint density at radius 3 is 2.36 bits per heavy atom. The summed E-state index contributed by atoms with van der Waals surface area (Å²) in [7, 11) is 0. The van der Waals surface area contributed by atoms with E-state index in [1.165, 1.54) is 25.7 Å². The van der Waals surface area contributed by atoms with Gasteiger partial charge >= 0.3 is 0 Å². The summed E-state index contributed by atoms with van der Waals surface area (Å²) in [5.41, 5.74) is 0. The molecular formula is C9H19BrO. The van der Waals surface area contributed by atoms with Gasteiger partial charge in [-0.1, -0.05) is 35.7 Å². The van der Waals surface area contributed by atoms with Crippen LogP contribution in [-0.4, -0.2) is 17.0 Å². The van der Waals surface area contributed by atoms with Gasteiger partial charge in [0.05, 0.1) is 0 Å². The second-order valence-electron chi connectivity index (χ2n) is 3.16. The molecule has 0 aliphatic heterocycles. The Kier molecular flexibility index (Phi) is 8.88. The first-order chi connectivity index (χ1) is 5.31. The number of hydrogen-bond donors (Lipinski definition) is 1. The second kappa shape index (κ2) is 8.54. The van der Waals surface area contributed by atoms with Crippen LogP contribution < -0.4 is 0 Å². The molecule has 0 amide bonds. The van der Waals surface area contributed by atoms with E-state index in [1.54, 1.807) is 0 Å². The fourth-order valence-corrected chi connectivity index (χ4v) is 1.50. The Hall–Kier alpha value is 0.440. The van der Waals surface area contributed by atoms with Crippen LogP contribution in [0.15, 0.2) is 0 Å². The van der Waals surface area contributed by atoms with Crippen molar-refractivity contribution in [3.8, 4) is 0 Å². The summed E-state index contributed by atoms with van der Waals surface area (Å²) < 4.78 is 0. The normalized spacial score (nSPS) is 13.4. The number of aliphatic hydroxyl groups is 1. The van der Waals surface area contributed by atoms with E-state index in [1.807, 2.05) is 0 Å². The molecule has 0 aliphatic rings. The quantitative estimate of drug-likeness (QED) is 0.519. The zero-order chi connectivity index (χ0) is 8.53. The minimum atomic E-state index is 0.352. The van der Waals surface area contributed by atoms with Crippen molar-refractivity contribution in [3.05, 3.63) is 0 Å². The Bertz CT molecular complexity index is 76.0. The van der Waals surface area contributed by atoms with Gasteiger partial charge in [0.25, 0.3) is 0 Å². The van der Waals surface area contributed by atoms with Crippen LogP contribution in [0.3, 0.4) is 0 Å². The van der Waals surface area contributed by atoms with Crippen LogP contribution in [0.5, 0.6) is 0 Å². The third-order valence-electron chi connectivity index (χ3n) is 1.94. The topological polar surface area (TPSA) is 20.2 Å². The van der Waals surface area contributed by atoms with Gasteiger partial charge in [-0.3, -0.25) is 0 Å². The number of alkyl halides is 1. The molecule has 0 fully saturated rings. The zero-order valence-corrected chi connectivity index (χ0v) is 8.94. The molecule has 1 unspecified atom stereocenters. The molecule has 68 valence electrons. The third kappa shape index (κ3) is 8.35. The van der Waals surface area contributed by atoms with Crippen molar-refractivity contribution in [1.82, 2.24) is 0 Å². The maximum absolute atomic E-state index is 8.55. The fraction of sp³-hybridized carbons (Fsp3) is 1.00. The van der Waals surface area contributed by atoms with Crippen LogP contribution in [0.4, 0.5) is 0 Å². The molecule has 11 heavy (non-hydrogen) atoms. The predicted octanol–water partition coefficient (Wildman–Crippen LogP) is 2.96. The van der Waals surface area contributed by atoms with Crippen molar-refractivity contribution in [1.29, 1.82) is 0 Å². The molecule has 1 N–H and O–H groups in total. The molecule has 0 saturated carbocycles. The van der Waals surface area contributed by atoms with E-state index in [-0.39, 0.29) is 0 Å². The van der Waals surface area contributed by atoms with E-state index >= 15 is 0 Å². The van der Waals surface area contributed by atoms with E-state index in [0.29, 0.717) is 6.61 Å². The second-order valence-corrected chi connectivity index (χ2v) is 3.95. The van der Waals surface area contributed by atoms with E-state index in [2.05, 4.69) is 22.9 Å². The van der Waals surface area contributed by atoms with Crippen LogP contribution in [0, 0.1) is 5.92 Å². The molecule has 1 nitrogen and oxygen atoms in total. The van der Waals surface area contributed by atoms with Crippen molar-refractivity contribution < 1.29 is 5.11 Å². The lowest BCUT2D eigenvalue weighted by atomic mass is 9.99. The van der Waals surface area contributed by atoms with Crippen molar-refractivity contribution in [2.24, 2.45) is 5.92 Å². The Labute approximate surface area is 78.3 Å². The van der Waals surface area contributed by atoms with Gasteiger partial charge in [-0.2, -0.15) is 0 Å². The fourth-order valence-electron chi connectivity index (χ4n) is 1.17. The molecule has 1 atom stereocenters. The molecule has 0 radical (unpaired) electrons. The van der Waals surface area contributed by atoms with Crippen LogP contribution in [-0.2, 0) is 0 Å². The van der Waals surface area contributed by atoms with E-state index < -0.39 is 0 Å². The summed E-state index contributed by atoms with van der Waals surface area (Å²) in [5.74, 6) is 0.832. The van der Waals surface area contributed by atoms with Gasteiger partial charge in [0.15, 0.2) is 0 Å². The summed E-state index contributed by atoms with van der Waals surface area (Å²) in [5, 5.41) is 9.67. The SMILES string of the molecule is CC(CCCBr)CCCCO. The monoisotopic (exact) mass is 222 g/mol. The number of unbranched alkanes of at least 4 members (excludes halogenated alkanes) is 1. The van der Waals surface area contributed by atoms with Crippen LogP contribution >= 0.6 is 15.9 Å². The molecule has 0 aromatic carbocycles. The van der Waals surface area contributed by atoms with Crippen LogP contribution in [0.2, 0.25) is 0 Å². The highest BCUT2D eigenvalue weighted by Gasteiger charge is 2.00. The lowest BCUT2D eigenvalue weighted by molar-refractivity contribution is 0.278. The lowest BCUT2D eigenvalue weighted by Crippen LogP contribution is -1.96. The summed E-state index contributed by atoms with van der Waals surface area (Å²) in [6.45, 7) is 2.64. The number of halogens is 1. The minimum absolute atomic E-state index is 0.352. The zero-order valence-electron chi connectivity index (χ0n) is 7.35. The van der Waals surface area contributed by atoms with Gasteiger partial charge in [-0.15, -0.1) is 0 Å². The van der Waals surface area contributed by atoms with Gasteiger partial charge in [0, 0.05) is 11.9 Å². The molecule has 2 heteroatoms. The van der Waals surface area contributed by atoms with Gasteiger partial charge < -0.3 is 5.11 Å². The Morgan fingerprint density at radius 1 is 1.18 bits per heavy atom. The van der Waals surface area contributed by atoms with Crippen molar-refractivity contribution in [3.63, 3.8) is 0 Å². The van der Waals surface area contributed by atoms with Gasteiger partial charge in [0.2, 0.25) is 0 Å². The first-order valence-corrected chi connectivity index (χ1v) is 5.60. The summed E-state index contributed by atoms with van der Waals surface area (Å²) in [6.07, 6.45) is 6.02. The van der Waals surface area contributed by atoms with E-state index in [4.69, 9.17) is 5.11 Å². The molecule has 0 aromatic heterocycles. The summed E-state index contributed by atoms with van der Waals surface area (Å²) in [4.78, 5) is 0. The minimum Gasteiger partial charge on any atom is -0.396 e. The average Bonchev–Trinajstić information content (AvgIpc) is 2.01.